The van der Waals surface area contributed by atoms with Crippen LogP contribution in [0.15, 0.2) is 18.2 Å². The van der Waals surface area contributed by atoms with E-state index in [1.54, 1.807) is 0 Å². The van der Waals surface area contributed by atoms with Crippen molar-refractivity contribution in [1.29, 1.82) is 0 Å². The van der Waals surface area contributed by atoms with Crippen molar-refractivity contribution in [2.75, 3.05) is 23.7 Å². The molecule has 116 valence electrons. The van der Waals surface area contributed by atoms with Crippen LogP contribution in [0.2, 0.25) is 5.02 Å². The minimum Gasteiger partial charge on any atom is -0.465 e. The summed E-state index contributed by atoms with van der Waals surface area (Å²) in [6.07, 6.45) is 0. The van der Waals surface area contributed by atoms with E-state index >= 15 is 0 Å². The van der Waals surface area contributed by atoms with E-state index in [0.29, 0.717) is 4.31 Å². The van der Waals surface area contributed by atoms with Crippen LogP contribution in [0.4, 0.5) is 11.4 Å². The largest absolute Gasteiger partial charge is 0.465 e. The van der Waals surface area contributed by atoms with Gasteiger partial charge in [0.15, 0.2) is 5.75 Å². The van der Waals surface area contributed by atoms with E-state index in [1.165, 1.54) is 19.1 Å². The standard InChI is InChI=1S/C11H13ClN2O6S/c1-3-20-11(15)7-21(18,19)13(2)9-5-4-8(12)6-10(9)14(16)17/h4-6H,3,7H2,1-2H3. The minimum atomic E-state index is -4.09. The third-order valence-electron chi connectivity index (χ3n) is 2.50. The molecule has 0 aliphatic rings. The van der Waals surface area contributed by atoms with Gasteiger partial charge in [-0.05, 0) is 19.1 Å². The number of esters is 1. The number of nitro groups is 1. The first kappa shape index (κ1) is 17.2. The molecule has 0 bridgehead atoms. The molecule has 0 fully saturated rings. The summed E-state index contributed by atoms with van der Waals surface area (Å²) in [6.45, 7) is 1.58. The minimum absolute atomic E-state index is 0.0408. The van der Waals surface area contributed by atoms with Gasteiger partial charge in [0.2, 0.25) is 10.0 Å². The third-order valence-corrected chi connectivity index (χ3v) is 4.36. The average molecular weight is 337 g/mol. The molecular formula is C11H13ClN2O6S. The van der Waals surface area contributed by atoms with Gasteiger partial charge in [-0.2, -0.15) is 0 Å². The Kier molecular flexibility index (Phi) is 5.50. The Morgan fingerprint density at radius 2 is 2.10 bits per heavy atom. The molecule has 0 unspecified atom stereocenters. The molecule has 0 amide bonds. The van der Waals surface area contributed by atoms with Crippen molar-refractivity contribution in [2.24, 2.45) is 0 Å². The predicted molar refractivity (Wildman–Crippen MR) is 76.9 cm³/mol. The van der Waals surface area contributed by atoms with Gasteiger partial charge >= 0.3 is 5.97 Å². The number of carbonyl (C=O) groups is 1. The second-order valence-corrected chi connectivity index (χ2v) is 6.36. The number of hydrogen-bond donors (Lipinski definition) is 0. The van der Waals surface area contributed by atoms with Gasteiger partial charge in [0.25, 0.3) is 5.69 Å². The fraction of sp³-hybridized carbons (Fsp3) is 0.364. The van der Waals surface area contributed by atoms with Crippen LogP contribution in [0.5, 0.6) is 0 Å². The maximum atomic E-state index is 12.0. The van der Waals surface area contributed by atoms with Crippen LogP contribution in [0.1, 0.15) is 6.92 Å². The highest BCUT2D eigenvalue weighted by Crippen LogP contribution is 2.31. The maximum absolute atomic E-state index is 12.0. The molecule has 0 aliphatic heterocycles. The van der Waals surface area contributed by atoms with Crippen molar-refractivity contribution in [1.82, 2.24) is 0 Å². The first-order chi connectivity index (χ1) is 9.69. The Labute approximate surface area is 126 Å². The highest BCUT2D eigenvalue weighted by molar-refractivity contribution is 7.93. The van der Waals surface area contributed by atoms with E-state index in [9.17, 15) is 23.3 Å². The Bertz CT molecular complexity index is 661. The number of ether oxygens (including phenoxy) is 1. The SMILES string of the molecule is CCOC(=O)CS(=O)(=O)N(C)c1ccc(Cl)cc1[N+](=O)[O-]. The Hall–Kier alpha value is -1.87. The zero-order valence-corrected chi connectivity index (χ0v) is 12.8. The van der Waals surface area contributed by atoms with Crippen molar-refractivity contribution in [3.63, 3.8) is 0 Å². The van der Waals surface area contributed by atoms with Crippen molar-refractivity contribution >= 4 is 39.0 Å². The quantitative estimate of drug-likeness (QED) is 0.443. The van der Waals surface area contributed by atoms with Crippen molar-refractivity contribution in [3.8, 4) is 0 Å². The topological polar surface area (TPSA) is 107 Å². The number of halogens is 1. The lowest BCUT2D eigenvalue weighted by atomic mass is 10.3. The zero-order chi connectivity index (χ0) is 16.2. The molecule has 0 radical (unpaired) electrons. The molecule has 0 saturated carbocycles. The highest BCUT2D eigenvalue weighted by Gasteiger charge is 2.28. The van der Waals surface area contributed by atoms with Gasteiger partial charge in [0, 0.05) is 18.1 Å². The number of rotatable bonds is 6. The number of benzene rings is 1. The van der Waals surface area contributed by atoms with Gasteiger partial charge in [0.1, 0.15) is 5.69 Å². The van der Waals surface area contributed by atoms with E-state index in [2.05, 4.69) is 4.74 Å². The molecule has 0 spiro atoms. The predicted octanol–water partition coefficient (Wildman–Crippen LogP) is 1.58. The van der Waals surface area contributed by atoms with Crippen LogP contribution in [0, 0.1) is 10.1 Å². The number of nitrogens with zero attached hydrogens (tertiary/aromatic N) is 2. The number of hydrogen-bond acceptors (Lipinski definition) is 6. The van der Waals surface area contributed by atoms with Crippen LogP contribution >= 0.6 is 11.6 Å². The first-order valence-corrected chi connectivity index (χ1v) is 7.74. The first-order valence-electron chi connectivity index (χ1n) is 5.75. The highest BCUT2D eigenvalue weighted by atomic mass is 35.5. The van der Waals surface area contributed by atoms with Crippen LogP contribution in [-0.4, -0.2) is 38.7 Å². The average Bonchev–Trinajstić information content (AvgIpc) is 2.37. The van der Waals surface area contributed by atoms with Gasteiger partial charge < -0.3 is 4.74 Å². The molecule has 8 nitrogen and oxygen atoms in total. The zero-order valence-electron chi connectivity index (χ0n) is 11.3. The third kappa shape index (κ3) is 4.30. The van der Waals surface area contributed by atoms with Crippen molar-refractivity contribution in [2.45, 2.75) is 6.92 Å². The lowest BCUT2D eigenvalue weighted by Crippen LogP contribution is -2.33. The van der Waals surface area contributed by atoms with Crippen molar-refractivity contribution in [3.05, 3.63) is 33.3 Å². The summed E-state index contributed by atoms with van der Waals surface area (Å²) in [5.74, 6) is -1.84. The second-order valence-electron chi connectivity index (χ2n) is 3.92. The number of nitro benzene ring substituents is 1. The van der Waals surface area contributed by atoms with Crippen molar-refractivity contribution < 1.29 is 22.9 Å². The molecule has 0 N–H and O–H groups in total. The van der Waals surface area contributed by atoms with Gasteiger partial charge in [0.05, 0.1) is 11.5 Å². The fourth-order valence-corrected chi connectivity index (χ4v) is 2.70. The fourth-order valence-electron chi connectivity index (χ4n) is 1.51. The molecule has 0 heterocycles. The molecule has 1 aromatic rings. The molecule has 1 rings (SSSR count). The molecule has 0 aromatic heterocycles. The van der Waals surface area contributed by atoms with Crippen LogP contribution < -0.4 is 4.31 Å². The van der Waals surface area contributed by atoms with E-state index in [0.717, 1.165) is 13.1 Å². The van der Waals surface area contributed by atoms with Crippen LogP contribution in [0.3, 0.4) is 0 Å². The summed E-state index contributed by atoms with van der Waals surface area (Å²) in [5, 5.41) is 11.1. The van der Waals surface area contributed by atoms with E-state index in [4.69, 9.17) is 11.6 Å². The van der Waals surface area contributed by atoms with Crippen LogP contribution in [0.25, 0.3) is 0 Å². The van der Waals surface area contributed by atoms with Gasteiger partial charge in [-0.25, -0.2) is 8.42 Å². The smallest absolute Gasteiger partial charge is 0.323 e. The van der Waals surface area contributed by atoms with Gasteiger partial charge in [-0.15, -0.1) is 0 Å². The summed E-state index contributed by atoms with van der Waals surface area (Å²) < 4.78 is 29.3. The number of sulfonamides is 1. The molecule has 0 saturated heterocycles. The molecule has 21 heavy (non-hydrogen) atoms. The Morgan fingerprint density at radius 3 is 2.62 bits per heavy atom. The summed E-state index contributed by atoms with van der Waals surface area (Å²) in [7, 11) is -2.98. The maximum Gasteiger partial charge on any atom is 0.323 e. The number of anilines is 1. The van der Waals surface area contributed by atoms with Gasteiger partial charge in [-0.1, -0.05) is 11.6 Å². The normalized spacial score (nSPS) is 11.0. The Morgan fingerprint density at radius 1 is 1.48 bits per heavy atom. The van der Waals surface area contributed by atoms with Gasteiger partial charge in [-0.3, -0.25) is 19.2 Å². The molecular weight excluding hydrogens is 324 g/mol. The lowest BCUT2D eigenvalue weighted by molar-refractivity contribution is -0.384. The lowest BCUT2D eigenvalue weighted by Gasteiger charge is -2.18. The van der Waals surface area contributed by atoms with Crippen LogP contribution in [-0.2, 0) is 19.6 Å². The molecule has 1 aromatic carbocycles. The molecule has 0 aliphatic carbocycles. The number of carbonyl (C=O) groups excluding carboxylic acids is 1. The summed E-state index contributed by atoms with van der Waals surface area (Å²) in [6, 6.07) is 3.55. The summed E-state index contributed by atoms with van der Waals surface area (Å²) in [4.78, 5) is 21.5. The van der Waals surface area contributed by atoms with E-state index in [1.807, 2.05) is 0 Å². The summed E-state index contributed by atoms with van der Waals surface area (Å²) >= 11 is 5.66. The van der Waals surface area contributed by atoms with E-state index in [-0.39, 0.29) is 17.3 Å². The Balaban J connectivity index is 3.16. The van der Waals surface area contributed by atoms with E-state index < -0.39 is 32.4 Å². The molecule has 0 atom stereocenters. The monoisotopic (exact) mass is 336 g/mol. The second kappa shape index (κ2) is 6.72. The summed E-state index contributed by atoms with van der Waals surface area (Å²) in [5.41, 5.74) is -0.661. The molecule has 10 heteroatoms.